The summed E-state index contributed by atoms with van der Waals surface area (Å²) in [4.78, 5) is 27.3. The predicted octanol–water partition coefficient (Wildman–Crippen LogP) is 3.40. The zero-order chi connectivity index (χ0) is 18.4. The first-order valence-corrected chi connectivity index (χ1v) is 7.98. The topological polar surface area (TPSA) is 91.8 Å². The Balaban J connectivity index is 1.46. The Hall–Kier alpha value is -3.35. The number of carbonyl (C=O) groups is 2. The number of nitrogens with zero attached hydrogens (tertiary/aromatic N) is 1. The summed E-state index contributed by atoms with van der Waals surface area (Å²) in [6.45, 7) is -0.0589. The average molecular weight is 355 g/mol. The van der Waals surface area contributed by atoms with Gasteiger partial charge in [-0.2, -0.15) is 0 Å². The van der Waals surface area contributed by atoms with Crippen LogP contribution < -0.4 is 0 Å². The van der Waals surface area contributed by atoms with Gasteiger partial charge in [-0.15, -0.1) is 0 Å². The zero-order valence-corrected chi connectivity index (χ0v) is 14.1. The van der Waals surface area contributed by atoms with Crippen LogP contribution >= 0.6 is 0 Å². The zero-order valence-electron chi connectivity index (χ0n) is 14.1. The molecule has 0 atom stereocenters. The summed E-state index contributed by atoms with van der Waals surface area (Å²) in [6.07, 6.45) is 2.09. The van der Waals surface area contributed by atoms with Gasteiger partial charge in [0.15, 0.2) is 11.7 Å². The molecule has 134 valence electrons. The molecule has 2 heterocycles. The standard InChI is InChI=1S/C19H17NO6/c1-23-19(22)15-8-7-14(25-15)12-24-18(21)10-9-17-20-11-16(26-17)13-5-3-2-4-6-13/h2-8,11H,9-10,12H2,1H3. The molecule has 0 saturated heterocycles. The third-order valence-corrected chi connectivity index (χ3v) is 3.58. The van der Waals surface area contributed by atoms with E-state index >= 15 is 0 Å². The molecule has 7 nitrogen and oxygen atoms in total. The van der Waals surface area contributed by atoms with Crippen LogP contribution in [0.4, 0.5) is 0 Å². The number of carbonyl (C=O) groups excluding carboxylic acids is 2. The number of aromatic nitrogens is 1. The molecular formula is C19H17NO6. The monoisotopic (exact) mass is 355 g/mol. The molecule has 0 spiro atoms. The SMILES string of the molecule is COC(=O)c1ccc(COC(=O)CCc2ncc(-c3ccccc3)o2)o1. The Bertz CT molecular complexity index is 880. The molecule has 0 radical (unpaired) electrons. The fourth-order valence-electron chi connectivity index (χ4n) is 2.26. The second kappa shape index (κ2) is 8.15. The van der Waals surface area contributed by atoms with E-state index in [0.717, 1.165) is 5.56 Å². The van der Waals surface area contributed by atoms with Gasteiger partial charge in [0, 0.05) is 12.0 Å². The van der Waals surface area contributed by atoms with Crippen molar-refractivity contribution in [2.45, 2.75) is 19.4 Å². The van der Waals surface area contributed by atoms with Crippen LogP contribution in [-0.4, -0.2) is 24.0 Å². The van der Waals surface area contributed by atoms with Crippen molar-refractivity contribution in [1.82, 2.24) is 4.98 Å². The highest BCUT2D eigenvalue weighted by Gasteiger charge is 2.13. The van der Waals surface area contributed by atoms with Crippen LogP contribution in [0.3, 0.4) is 0 Å². The number of ether oxygens (including phenoxy) is 2. The largest absolute Gasteiger partial charge is 0.463 e. The molecule has 3 aromatic rings. The molecule has 0 N–H and O–H groups in total. The summed E-state index contributed by atoms with van der Waals surface area (Å²) in [5.41, 5.74) is 0.924. The first kappa shape index (κ1) is 17.5. The van der Waals surface area contributed by atoms with E-state index in [4.69, 9.17) is 13.6 Å². The Morgan fingerprint density at radius 3 is 2.65 bits per heavy atom. The fraction of sp³-hybridized carbons (Fsp3) is 0.211. The van der Waals surface area contributed by atoms with Crippen LogP contribution in [0, 0.1) is 0 Å². The van der Waals surface area contributed by atoms with Crippen molar-refractivity contribution >= 4 is 11.9 Å². The van der Waals surface area contributed by atoms with E-state index in [2.05, 4.69) is 9.72 Å². The molecule has 0 aliphatic carbocycles. The number of methoxy groups -OCH3 is 1. The molecule has 0 aliphatic heterocycles. The van der Waals surface area contributed by atoms with Crippen LogP contribution in [0.25, 0.3) is 11.3 Å². The molecule has 0 unspecified atom stereocenters. The quantitative estimate of drug-likeness (QED) is 0.600. The van der Waals surface area contributed by atoms with Crippen LogP contribution in [-0.2, 0) is 27.3 Å². The van der Waals surface area contributed by atoms with Crippen LogP contribution in [0.15, 0.2) is 57.5 Å². The molecule has 0 saturated carbocycles. The summed E-state index contributed by atoms with van der Waals surface area (Å²) in [6, 6.07) is 12.6. The maximum atomic E-state index is 11.8. The number of aryl methyl sites for hydroxylation is 1. The fourth-order valence-corrected chi connectivity index (χ4v) is 2.26. The Labute approximate surface area is 149 Å². The number of rotatable bonds is 7. The van der Waals surface area contributed by atoms with E-state index in [9.17, 15) is 9.59 Å². The second-order valence-corrected chi connectivity index (χ2v) is 5.40. The number of esters is 2. The molecule has 0 aliphatic rings. The van der Waals surface area contributed by atoms with Crippen molar-refractivity contribution in [3.8, 4) is 11.3 Å². The maximum absolute atomic E-state index is 11.8. The van der Waals surface area contributed by atoms with E-state index < -0.39 is 11.9 Å². The average Bonchev–Trinajstić information content (AvgIpc) is 3.34. The lowest BCUT2D eigenvalue weighted by Gasteiger charge is -2.01. The van der Waals surface area contributed by atoms with Crippen molar-refractivity contribution in [1.29, 1.82) is 0 Å². The lowest BCUT2D eigenvalue weighted by molar-refractivity contribution is -0.145. The highest BCUT2D eigenvalue weighted by Crippen LogP contribution is 2.20. The van der Waals surface area contributed by atoms with Crippen LogP contribution in [0.1, 0.15) is 28.6 Å². The summed E-state index contributed by atoms with van der Waals surface area (Å²) in [5, 5.41) is 0. The first-order valence-electron chi connectivity index (χ1n) is 7.98. The summed E-state index contributed by atoms with van der Waals surface area (Å²) >= 11 is 0. The minimum atomic E-state index is -0.583. The Kier molecular flexibility index (Phi) is 5.48. The summed E-state index contributed by atoms with van der Waals surface area (Å²) in [5.74, 6) is 0.542. The van der Waals surface area contributed by atoms with Gasteiger partial charge in [0.2, 0.25) is 5.76 Å². The second-order valence-electron chi connectivity index (χ2n) is 5.40. The van der Waals surface area contributed by atoms with Crippen molar-refractivity contribution in [2.75, 3.05) is 7.11 Å². The van der Waals surface area contributed by atoms with Gasteiger partial charge < -0.3 is 18.3 Å². The number of hydrogen-bond acceptors (Lipinski definition) is 7. The molecule has 0 amide bonds. The third-order valence-electron chi connectivity index (χ3n) is 3.58. The van der Waals surface area contributed by atoms with Gasteiger partial charge in [0.05, 0.1) is 19.7 Å². The molecular weight excluding hydrogens is 338 g/mol. The van der Waals surface area contributed by atoms with Gasteiger partial charge in [-0.25, -0.2) is 9.78 Å². The van der Waals surface area contributed by atoms with Gasteiger partial charge in [-0.1, -0.05) is 30.3 Å². The third kappa shape index (κ3) is 4.38. The van der Waals surface area contributed by atoms with E-state index in [1.807, 2.05) is 30.3 Å². The smallest absolute Gasteiger partial charge is 0.373 e. The van der Waals surface area contributed by atoms with Crippen molar-refractivity contribution in [3.05, 3.63) is 66.1 Å². The minimum absolute atomic E-state index is 0.0589. The normalized spacial score (nSPS) is 10.5. The first-order chi connectivity index (χ1) is 12.7. The van der Waals surface area contributed by atoms with Crippen molar-refractivity contribution < 1.29 is 27.9 Å². The summed E-state index contributed by atoms with van der Waals surface area (Å²) < 4.78 is 20.5. The summed E-state index contributed by atoms with van der Waals surface area (Å²) in [7, 11) is 1.26. The van der Waals surface area contributed by atoms with E-state index in [1.165, 1.54) is 13.2 Å². The number of furan rings is 1. The van der Waals surface area contributed by atoms with Gasteiger partial charge in [-0.3, -0.25) is 4.79 Å². The van der Waals surface area contributed by atoms with Crippen LogP contribution in [0.2, 0.25) is 0 Å². The number of oxazole rings is 1. The van der Waals surface area contributed by atoms with Gasteiger partial charge in [0.1, 0.15) is 12.4 Å². The van der Waals surface area contributed by atoms with Gasteiger partial charge in [0.25, 0.3) is 0 Å². The van der Waals surface area contributed by atoms with E-state index in [-0.39, 0.29) is 18.8 Å². The lowest BCUT2D eigenvalue weighted by atomic mass is 10.2. The molecule has 0 bridgehead atoms. The van der Waals surface area contributed by atoms with E-state index in [0.29, 0.717) is 23.8 Å². The Morgan fingerprint density at radius 2 is 1.88 bits per heavy atom. The molecule has 7 heteroatoms. The van der Waals surface area contributed by atoms with Crippen molar-refractivity contribution in [3.63, 3.8) is 0 Å². The highest BCUT2D eigenvalue weighted by atomic mass is 16.5. The molecule has 26 heavy (non-hydrogen) atoms. The molecule has 1 aromatic carbocycles. The lowest BCUT2D eigenvalue weighted by Crippen LogP contribution is -2.05. The van der Waals surface area contributed by atoms with Crippen molar-refractivity contribution in [2.24, 2.45) is 0 Å². The van der Waals surface area contributed by atoms with Gasteiger partial charge >= 0.3 is 11.9 Å². The predicted molar refractivity (Wildman–Crippen MR) is 90.1 cm³/mol. The molecule has 0 fully saturated rings. The number of benzene rings is 1. The number of hydrogen-bond donors (Lipinski definition) is 0. The molecule has 3 rings (SSSR count). The van der Waals surface area contributed by atoms with Gasteiger partial charge in [-0.05, 0) is 12.1 Å². The highest BCUT2D eigenvalue weighted by molar-refractivity contribution is 5.86. The van der Waals surface area contributed by atoms with Crippen LogP contribution in [0.5, 0.6) is 0 Å². The maximum Gasteiger partial charge on any atom is 0.373 e. The van der Waals surface area contributed by atoms with E-state index in [1.54, 1.807) is 12.3 Å². The molecule has 2 aromatic heterocycles. The minimum Gasteiger partial charge on any atom is -0.463 e. The Morgan fingerprint density at radius 1 is 1.08 bits per heavy atom.